The standard InChI is InChI=1S/C11H20O2.2C10H19NO2.C10H18O2.C9H17NO2.C9H16O2.C8H15NO2.C8H14O2/c1-8(2)10(12)11(13)9-6-4-3-5-7-9;1-7(2)9(12)10(13)8-3-5-11-6-4-8;1-7(2)9(12)10(13)8-5-3-4-6-11-8;1-7(2)9(11)10(12)8-5-3-4-6-8;1-6(2)8(11)9(12)7-4-3-5-10-7;1-6(2)8(10)9(11)7-4-3-5-7;1-5(2)7(10)8(11)6-3-4-9-6;1-5(2)7(9)8(10)6-3-4-6/h8-9,11,13H,3-7H2,1-2H3;2*7-8,10-11,13H,3-6H2,1-2H3;7-8,10,12H,3-6H2,1-2H3;6-7,9-10,12H,3-5H2,1-2H3;6-7,9,11H,3-5H2,1-2H3;5-6,8-9,11H,3-4H2,1-2H3;5-6,8,10H,3-4H2,1-2H3. The second kappa shape index (κ2) is 47.8. The Labute approximate surface area is 573 Å². The number of carbonyl (C=O) groups is 8. The van der Waals surface area contributed by atoms with Crippen LogP contribution in [-0.4, -0.2) is 187 Å². The number of carbonyl (C=O) groups excluding carboxylic acids is 8. The number of aliphatic hydroxyl groups excluding tert-OH is 8. The van der Waals surface area contributed by atoms with Crippen molar-refractivity contribution in [3.63, 3.8) is 0 Å². The molecular formula is C75H138N4O16. The number of piperidine rings is 2. The zero-order valence-electron chi connectivity index (χ0n) is 61.8. The van der Waals surface area contributed by atoms with Gasteiger partial charge in [0.2, 0.25) is 0 Å². The molecule has 0 aromatic rings. The van der Waals surface area contributed by atoms with E-state index in [9.17, 15) is 79.2 Å². The summed E-state index contributed by atoms with van der Waals surface area (Å²) in [4.78, 5) is 90.6. The summed E-state index contributed by atoms with van der Waals surface area (Å²) < 4.78 is 0. The van der Waals surface area contributed by atoms with Crippen LogP contribution in [-0.2, 0) is 38.4 Å². The Hall–Kier alpha value is -3.12. The molecule has 0 aromatic carbocycles. The van der Waals surface area contributed by atoms with Crippen LogP contribution in [0.2, 0.25) is 0 Å². The normalized spacial score (nSPS) is 23.3. The van der Waals surface area contributed by atoms with Crippen LogP contribution in [0.4, 0.5) is 0 Å². The van der Waals surface area contributed by atoms with E-state index in [0.717, 1.165) is 135 Å². The average molecular weight is 1350 g/mol. The smallest absolute Gasteiger partial charge is 0.165 e. The predicted molar refractivity (Wildman–Crippen MR) is 374 cm³/mol. The molecule has 0 aromatic heterocycles. The van der Waals surface area contributed by atoms with Gasteiger partial charge in [0.05, 0.1) is 0 Å². The summed E-state index contributed by atoms with van der Waals surface area (Å²) in [5.41, 5.74) is 0. The first-order chi connectivity index (χ1) is 44.5. The molecule has 11 unspecified atom stereocenters. The molecule has 4 aliphatic heterocycles. The Balaban J connectivity index is 0.000000544. The fourth-order valence-corrected chi connectivity index (χ4v) is 12.2. The molecule has 8 rings (SSSR count). The minimum atomic E-state index is -0.805. The molecule has 0 radical (unpaired) electrons. The van der Waals surface area contributed by atoms with Gasteiger partial charge in [0.25, 0.3) is 0 Å². The molecule has 8 aliphatic rings. The SMILES string of the molecule is CC(C)C(=O)C(O)C1CC1.CC(C)C(=O)C(O)C1CCC1.CC(C)C(=O)C(O)C1CCCC1.CC(C)C(=O)C(O)C1CCCCC1.CC(C)C(=O)C(O)C1CCCCN1.CC(C)C(=O)C(O)C1CCCN1.CC(C)C(=O)C(O)C1CCN1.CC(C)C(=O)C(O)C1CCNCC1. The van der Waals surface area contributed by atoms with Crippen molar-refractivity contribution in [1.82, 2.24) is 21.3 Å². The zero-order valence-corrected chi connectivity index (χ0v) is 61.8. The van der Waals surface area contributed by atoms with Gasteiger partial charge in [-0.1, -0.05) is 156 Å². The van der Waals surface area contributed by atoms with E-state index in [-0.39, 0.29) is 141 Å². The third kappa shape index (κ3) is 33.7. The van der Waals surface area contributed by atoms with Crippen molar-refractivity contribution in [3.8, 4) is 0 Å². The van der Waals surface area contributed by atoms with Gasteiger partial charge in [-0.15, -0.1) is 0 Å². The van der Waals surface area contributed by atoms with Gasteiger partial charge in [0.15, 0.2) is 46.3 Å². The maximum Gasteiger partial charge on any atom is 0.165 e. The predicted octanol–water partition coefficient (Wildman–Crippen LogP) is 7.82. The fraction of sp³-hybridized carbons (Fsp3) is 0.893. The largest absolute Gasteiger partial charge is 0.385 e. The third-order valence-corrected chi connectivity index (χ3v) is 19.8. The molecule has 4 aliphatic carbocycles. The number of rotatable bonds is 24. The molecular weight excluding hydrogens is 1210 g/mol. The second-order valence-electron chi connectivity index (χ2n) is 30.7. The van der Waals surface area contributed by atoms with Crippen LogP contribution in [0.15, 0.2) is 0 Å². The van der Waals surface area contributed by atoms with Crippen LogP contribution >= 0.6 is 0 Å². The third-order valence-electron chi connectivity index (χ3n) is 19.8. The van der Waals surface area contributed by atoms with Crippen molar-refractivity contribution < 1.29 is 79.2 Å². The van der Waals surface area contributed by atoms with Crippen molar-refractivity contribution in [1.29, 1.82) is 0 Å². The molecule has 20 nitrogen and oxygen atoms in total. The lowest BCUT2D eigenvalue weighted by atomic mass is 9.78. The average Bonchev–Trinajstić information content (AvgIpc) is 1.85. The minimum absolute atomic E-state index is 0.0000926. The minimum Gasteiger partial charge on any atom is -0.385 e. The van der Waals surface area contributed by atoms with Gasteiger partial charge < -0.3 is 62.1 Å². The van der Waals surface area contributed by atoms with E-state index in [0.29, 0.717) is 0 Å². The summed E-state index contributed by atoms with van der Waals surface area (Å²) >= 11 is 0. The van der Waals surface area contributed by atoms with Crippen molar-refractivity contribution in [3.05, 3.63) is 0 Å². The van der Waals surface area contributed by atoms with Crippen LogP contribution < -0.4 is 21.3 Å². The highest BCUT2D eigenvalue weighted by Crippen LogP contribution is 2.34. The quantitative estimate of drug-likeness (QED) is 0.0438. The van der Waals surface area contributed by atoms with Gasteiger partial charge in [-0.3, -0.25) is 38.4 Å². The molecule has 12 N–H and O–H groups in total. The summed E-state index contributed by atoms with van der Waals surface area (Å²) in [6, 6.07) is 0.00782. The van der Waals surface area contributed by atoms with Gasteiger partial charge in [-0.05, 0) is 159 Å². The Morgan fingerprint density at radius 1 is 0.221 bits per heavy atom. The molecule has 4 saturated heterocycles. The molecule has 4 saturated carbocycles. The van der Waals surface area contributed by atoms with Gasteiger partial charge in [-0.2, -0.15) is 0 Å². The highest BCUT2D eigenvalue weighted by Gasteiger charge is 2.37. The first-order valence-electron chi connectivity index (χ1n) is 37.2. The van der Waals surface area contributed by atoms with E-state index in [1.807, 2.05) is 111 Å². The Kier molecular flexibility index (Phi) is 45.3. The lowest BCUT2D eigenvalue weighted by molar-refractivity contribution is -0.135. The number of nitrogens with one attached hydrogen (secondary N) is 4. The molecule has 0 bridgehead atoms. The molecule has 0 spiro atoms. The summed E-state index contributed by atoms with van der Waals surface area (Å²) in [6.07, 6.45) is 17.4. The van der Waals surface area contributed by atoms with E-state index in [2.05, 4.69) is 21.3 Å². The van der Waals surface area contributed by atoms with E-state index < -0.39 is 48.8 Å². The van der Waals surface area contributed by atoms with Gasteiger partial charge in [0, 0.05) is 65.5 Å². The Morgan fingerprint density at radius 2 is 0.432 bits per heavy atom. The molecule has 20 heteroatoms. The molecule has 554 valence electrons. The number of hydrogen-bond acceptors (Lipinski definition) is 20. The number of Topliss-reactive ketones (excluding diaryl/α,β-unsaturated/α-hetero) is 8. The van der Waals surface area contributed by atoms with Crippen molar-refractivity contribution in [2.75, 3.05) is 32.7 Å². The van der Waals surface area contributed by atoms with Crippen LogP contribution in [0.1, 0.15) is 252 Å². The Bertz CT molecular complexity index is 2010. The highest BCUT2D eigenvalue weighted by atomic mass is 16.3. The summed E-state index contributed by atoms with van der Waals surface area (Å²) in [6.45, 7) is 33.9. The van der Waals surface area contributed by atoms with E-state index in [1.165, 1.54) is 38.5 Å². The number of hydrogen-bond donors (Lipinski definition) is 12. The first kappa shape index (κ1) is 89.9. The van der Waals surface area contributed by atoms with Crippen LogP contribution in [0.25, 0.3) is 0 Å². The first-order valence-corrected chi connectivity index (χ1v) is 37.2. The van der Waals surface area contributed by atoms with E-state index in [1.54, 1.807) is 0 Å². The zero-order chi connectivity index (χ0) is 72.4. The number of ketones is 8. The summed E-state index contributed by atoms with van der Waals surface area (Å²) in [5, 5.41) is 89.1. The van der Waals surface area contributed by atoms with Crippen LogP contribution in [0.5, 0.6) is 0 Å². The Morgan fingerprint density at radius 3 is 0.653 bits per heavy atom. The molecule has 0 amide bonds. The molecule has 4 heterocycles. The van der Waals surface area contributed by atoms with Crippen LogP contribution in [0, 0.1) is 76.9 Å². The van der Waals surface area contributed by atoms with E-state index >= 15 is 0 Å². The summed E-state index contributed by atoms with van der Waals surface area (Å²) in [5.74, 6) is 0.769. The topological polar surface area (TPSA) is 347 Å². The van der Waals surface area contributed by atoms with Crippen molar-refractivity contribution >= 4 is 46.3 Å². The number of aliphatic hydroxyl groups is 8. The maximum absolute atomic E-state index is 11.5. The van der Waals surface area contributed by atoms with Gasteiger partial charge in [-0.25, -0.2) is 0 Å². The summed E-state index contributed by atoms with van der Waals surface area (Å²) in [7, 11) is 0. The maximum atomic E-state index is 11.5. The monoisotopic (exact) mass is 1350 g/mol. The second-order valence-corrected chi connectivity index (χ2v) is 30.7. The molecule has 11 atom stereocenters. The highest BCUT2D eigenvalue weighted by molar-refractivity contribution is 5.88. The molecule has 95 heavy (non-hydrogen) atoms. The van der Waals surface area contributed by atoms with E-state index in [4.69, 9.17) is 0 Å². The van der Waals surface area contributed by atoms with Crippen molar-refractivity contribution in [2.24, 2.45) is 76.9 Å². The molecule has 8 fully saturated rings. The van der Waals surface area contributed by atoms with Crippen LogP contribution in [0.3, 0.4) is 0 Å². The lowest BCUT2D eigenvalue weighted by Crippen LogP contribution is -2.54. The fourth-order valence-electron chi connectivity index (χ4n) is 12.2. The van der Waals surface area contributed by atoms with Gasteiger partial charge in [0.1, 0.15) is 48.8 Å². The van der Waals surface area contributed by atoms with Gasteiger partial charge >= 0.3 is 0 Å². The lowest BCUT2D eigenvalue weighted by Gasteiger charge is -2.31. The van der Waals surface area contributed by atoms with Crippen molar-refractivity contribution in [2.45, 2.75) is 319 Å².